The molecule has 15 nitrogen and oxygen atoms in total. The number of nitrogens with zero attached hydrogens (tertiary/aromatic N) is 10. The summed E-state index contributed by atoms with van der Waals surface area (Å²) in [7, 11) is 1.62. The molecule has 0 saturated carbocycles. The van der Waals surface area contributed by atoms with Crippen molar-refractivity contribution in [1.29, 1.82) is 0 Å². The minimum atomic E-state index is -0.666. The number of nitrogens with one attached hydrogen (secondary N) is 2. The first-order valence-electron chi connectivity index (χ1n) is 12.7. The molecule has 4 rings (SSSR count). The zero-order chi connectivity index (χ0) is 27.4. The summed E-state index contributed by atoms with van der Waals surface area (Å²) < 4.78 is 3.23. The molecule has 1 aliphatic heterocycles. The monoisotopic (exact) mass is 526 g/mol. The third-order valence-corrected chi connectivity index (χ3v) is 6.51. The fourth-order valence-electron chi connectivity index (χ4n) is 4.32. The van der Waals surface area contributed by atoms with Crippen LogP contribution in [-0.2, 0) is 16.1 Å². The Kier molecular flexibility index (Phi) is 8.12. The molecule has 0 unspecified atom stereocenters. The van der Waals surface area contributed by atoms with Crippen molar-refractivity contribution in [2.24, 2.45) is 5.92 Å². The van der Waals surface area contributed by atoms with E-state index in [0.717, 1.165) is 0 Å². The Bertz CT molecular complexity index is 1260. The van der Waals surface area contributed by atoms with Crippen LogP contribution in [0, 0.1) is 12.8 Å². The molecular weight excluding hydrogens is 492 g/mol. The molecule has 0 aliphatic carbocycles. The zero-order valence-electron chi connectivity index (χ0n) is 22.3. The zero-order valence-corrected chi connectivity index (χ0v) is 22.3. The van der Waals surface area contributed by atoms with Crippen LogP contribution in [0.25, 0.3) is 5.95 Å². The molecule has 0 saturated heterocycles. The Morgan fingerprint density at radius 2 is 1.87 bits per heavy atom. The van der Waals surface area contributed by atoms with Gasteiger partial charge >= 0.3 is 0 Å². The van der Waals surface area contributed by atoms with Gasteiger partial charge in [-0.3, -0.25) is 24.0 Å². The molecule has 3 aromatic heterocycles. The number of rotatable bonds is 4. The second-order valence-electron chi connectivity index (χ2n) is 9.86. The van der Waals surface area contributed by atoms with Crippen LogP contribution in [-0.4, -0.2) is 98.4 Å². The largest absolute Gasteiger partial charge is 0.344 e. The van der Waals surface area contributed by atoms with Gasteiger partial charge in [0.05, 0.1) is 12.6 Å². The number of carbonyl (C=O) groups is 3. The van der Waals surface area contributed by atoms with Crippen molar-refractivity contribution in [3.8, 4) is 5.95 Å². The number of aryl methyl sites for hydroxylation is 1. The van der Waals surface area contributed by atoms with E-state index in [1.54, 1.807) is 30.5 Å². The summed E-state index contributed by atoms with van der Waals surface area (Å²) in [4.78, 5) is 51.4. The van der Waals surface area contributed by atoms with Crippen LogP contribution in [0.3, 0.4) is 0 Å². The molecule has 4 heterocycles. The molecule has 0 aromatic carbocycles. The fraction of sp³-hybridized carbons (Fsp3) is 0.609. The van der Waals surface area contributed by atoms with Crippen molar-refractivity contribution in [2.45, 2.75) is 65.6 Å². The van der Waals surface area contributed by atoms with E-state index in [2.05, 4.69) is 54.6 Å². The van der Waals surface area contributed by atoms with Crippen molar-refractivity contribution in [1.82, 2.24) is 59.8 Å². The Hall–Kier alpha value is -4.17. The third-order valence-electron chi connectivity index (χ3n) is 6.51. The van der Waals surface area contributed by atoms with E-state index in [9.17, 15) is 14.4 Å². The average molecular weight is 527 g/mol. The lowest BCUT2D eigenvalue weighted by Gasteiger charge is -2.29. The van der Waals surface area contributed by atoms with Crippen LogP contribution in [0.4, 0.5) is 0 Å². The van der Waals surface area contributed by atoms with Crippen molar-refractivity contribution >= 4 is 17.7 Å². The molecule has 0 radical (unpaired) electrons. The summed E-state index contributed by atoms with van der Waals surface area (Å²) in [5, 5.41) is 21.9. The van der Waals surface area contributed by atoms with Gasteiger partial charge in [-0.25, -0.2) is 9.67 Å². The highest BCUT2D eigenvalue weighted by molar-refractivity contribution is 5.90. The van der Waals surface area contributed by atoms with Crippen molar-refractivity contribution in [3.05, 3.63) is 30.1 Å². The molecule has 38 heavy (non-hydrogen) atoms. The SMILES string of the molecule is Cc1nc2n(n1)CCN(C(=O)c1nc(-n3cnnc3)n[nH]1)CCCC(=O)N(C)[C@@H](C)C(=O)N[C@@H]2CC(C)C. The number of aromatic nitrogens is 9. The summed E-state index contributed by atoms with van der Waals surface area (Å²) in [6.45, 7) is 8.57. The Balaban J connectivity index is 1.63. The van der Waals surface area contributed by atoms with Crippen LogP contribution < -0.4 is 5.32 Å². The number of hydrogen-bond acceptors (Lipinski definition) is 9. The number of likely N-dealkylation sites (N-methyl/N-ethyl adjacent to an activating group) is 1. The molecule has 1 aliphatic rings. The van der Waals surface area contributed by atoms with Crippen LogP contribution in [0.15, 0.2) is 12.7 Å². The van der Waals surface area contributed by atoms with Crippen molar-refractivity contribution < 1.29 is 14.4 Å². The molecular formula is C23H34N12O3. The van der Waals surface area contributed by atoms with E-state index >= 15 is 0 Å². The van der Waals surface area contributed by atoms with E-state index in [0.29, 0.717) is 44.1 Å². The summed E-state index contributed by atoms with van der Waals surface area (Å²) in [5.74, 6) is 0.976. The highest BCUT2D eigenvalue weighted by Crippen LogP contribution is 2.21. The second kappa shape index (κ2) is 11.5. The van der Waals surface area contributed by atoms with Gasteiger partial charge in [-0.2, -0.15) is 10.1 Å². The van der Waals surface area contributed by atoms with Crippen LogP contribution >= 0.6 is 0 Å². The molecule has 0 fully saturated rings. The van der Waals surface area contributed by atoms with Crippen LogP contribution in [0.5, 0.6) is 0 Å². The van der Waals surface area contributed by atoms with Gasteiger partial charge in [0.2, 0.25) is 17.6 Å². The first kappa shape index (κ1) is 26.9. The Morgan fingerprint density at radius 1 is 1.13 bits per heavy atom. The predicted molar refractivity (Wildman–Crippen MR) is 134 cm³/mol. The van der Waals surface area contributed by atoms with E-state index in [-0.39, 0.29) is 41.8 Å². The highest BCUT2D eigenvalue weighted by atomic mass is 16.2. The molecule has 3 aromatic rings. The van der Waals surface area contributed by atoms with E-state index in [1.807, 2.05) is 0 Å². The highest BCUT2D eigenvalue weighted by Gasteiger charge is 2.29. The quantitative estimate of drug-likeness (QED) is 0.484. The van der Waals surface area contributed by atoms with Crippen molar-refractivity contribution in [3.63, 3.8) is 0 Å². The molecule has 2 atom stereocenters. The third kappa shape index (κ3) is 6.03. The van der Waals surface area contributed by atoms with Crippen LogP contribution in [0.2, 0.25) is 0 Å². The topological polar surface area (TPSA) is 173 Å². The maximum atomic E-state index is 13.4. The first-order chi connectivity index (χ1) is 18.1. The number of amides is 3. The number of hydrogen-bond donors (Lipinski definition) is 2. The van der Waals surface area contributed by atoms with Gasteiger partial charge in [-0.15, -0.1) is 15.3 Å². The molecule has 15 heteroatoms. The van der Waals surface area contributed by atoms with E-state index in [4.69, 9.17) is 0 Å². The smallest absolute Gasteiger partial charge is 0.291 e. The average Bonchev–Trinajstić information content (AvgIpc) is 3.64. The molecule has 204 valence electrons. The van der Waals surface area contributed by atoms with Crippen LogP contribution in [0.1, 0.15) is 68.3 Å². The van der Waals surface area contributed by atoms with Gasteiger partial charge in [-0.1, -0.05) is 13.8 Å². The van der Waals surface area contributed by atoms with Gasteiger partial charge in [0.1, 0.15) is 30.3 Å². The van der Waals surface area contributed by atoms with Gasteiger partial charge in [0.25, 0.3) is 11.9 Å². The molecule has 3 amide bonds. The summed E-state index contributed by atoms with van der Waals surface area (Å²) in [5.41, 5.74) is 0. The van der Waals surface area contributed by atoms with Gasteiger partial charge in [0, 0.05) is 26.6 Å². The van der Waals surface area contributed by atoms with E-state index in [1.165, 1.54) is 22.1 Å². The predicted octanol–water partition coefficient (Wildman–Crippen LogP) is 0.272. The fourth-order valence-corrected chi connectivity index (χ4v) is 4.32. The lowest BCUT2D eigenvalue weighted by molar-refractivity contribution is -0.138. The lowest BCUT2D eigenvalue weighted by Crippen LogP contribution is -2.47. The van der Waals surface area contributed by atoms with Gasteiger partial charge in [0.15, 0.2) is 0 Å². The van der Waals surface area contributed by atoms with Gasteiger partial charge < -0.3 is 15.1 Å². The second-order valence-corrected chi connectivity index (χ2v) is 9.86. The molecule has 0 spiro atoms. The number of fused-ring (bicyclic) bond motifs is 1. The number of carbonyl (C=O) groups excluding carboxylic acids is 3. The normalized spacial score (nSPS) is 19.8. The minimum absolute atomic E-state index is 0.0619. The maximum absolute atomic E-state index is 13.4. The summed E-state index contributed by atoms with van der Waals surface area (Å²) in [6, 6.07) is -1.07. The summed E-state index contributed by atoms with van der Waals surface area (Å²) >= 11 is 0. The minimum Gasteiger partial charge on any atom is -0.344 e. The Labute approximate surface area is 220 Å². The standard InChI is InChI=1S/C23H34N12O3/c1-14(2)11-17-20-26-16(4)31-35(20)10-9-33(8-6-7-18(36)32(5)15(3)21(37)27-17)22(38)19-28-23(30-29-19)34-12-24-25-13-34/h12-15,17H,6-11H2,1-5H3,(H,27,37)(H,28,29,30)/t15-,17+/m0/s1. The molecule has 0 bridgehead atoms. The Morgan fingerprint density at radius 3 is 2.58 bits per heavy atom. The van der Waals surface area contributed by atoms with E-state index < -0.39 is 12.1 Å². The molecule has 2 N–H and O–H groups in total. The van der Waals surface area contributed by atoms with Gasteiger partial charge in [-0.05, 0) is 32.6 Å². The number of aromatic amines is 1. The summed E-state index contributed by atoms with van der Waals surface area (Å²) in [6.07, 6.45) is 4.10. The maximum Gasteiger partial charge on any atom is 0.291 e. The lowest BCUT2D eigenvalue weighted by atomic mass is 10.0. The number of H-pyrrole nitrogens is 1. The van der Waals surface area contributed by atoms with Crippen molar-refractivity contribution in [2.75, 3.05) is 20.1 Å². The first-order valence-corrected chi connectivity index (χ1v) is 12.7.